The number of nitrogens with zero attached hydrogens (tertiary/aromatic N) is 3. The third-order valence-corrected chi connectivity index (χ3v) is 6.29. The van der Waals surface area contributed by atoms with E-state index >= 15 is 0 Å². The minimum Gasteiger partial charge on any atom is -0.489 e. The van der Waals surface area contributed by atoms with E-state index in [0.717, 1.165) is 50.7 Å². The van der Waals surface area contributed by atoms with Crippen molar-refractivity contribution in [1.82, 2.24) is 15.1 Å². The van der Waals surface area contributed by atoms with Crippen molar-refractivity contribution in [1.29, 1.82) is 0 Å². The molecule has 1 atom stereocenters. The Morgan fingerprint density at radius 1 is 1.13 bits per heavy atom. The van der Waals surface area contributed by atoms with Crippen LogP contribution in [-0.4, -0.2) is 74.7 Å². The van der Waals surface area contributed by atoms with Gasteiger partial charge in [-0.3, -0.25) is 9.69 Å². The van der Waals surface area contributed by atoms with E-state index in [9.17, 15) is 4.79 Å². The Morgan fingerprint density at radius 3 is 2.71 bits per heavy atom. The molecule has 0 unspecified atom stereocenters. The van der Waals surface area contributed by atoms with Crippen molar-refractivity contribution in [2.24, 2.45) is 0 Å². The molecular formula is C25H34N4O2. The van der Waals surface area contributed by atoms with Crippen molar-refractivity contribution >= 4 is 11.6 Å². The molecule has 0 aromatic heterocycles. The first-order chi connectivity index (χ1) is 15.0. The van der Waals surface area contributed by atoms with Gasteiger partial charge in [0, 0.05) is 51.4 Å². The highest BCUT2D eigenvalue weighted by Crippen LogP contribution is 2.35. The molecule has 1 saturated heterocycles. The number of hydrogen-bond acceptors (Lipinski definition) is 5. The van der Waals surface area contributed by atoms with Crippen LogP contribution in [0.1, 0.15) is 28.4 Å². The molecule has 2 aliphatic rings. The zero-order chi connectivity index (χ0) is 21.8. The summed E-state index contributed by atoms with van der Waals surface area (Å²) in [5, 5.41) is 3.09. The molecule has 31 heavy (non-hydrogen) atoms. The van der Waals surface area contributed by atoms with Crippen LogP contribution in [0.5, 0.6) is 5.75 Å². The van der Waals surface area contributed by atoms with Gasteiger partial charge in [0.2, 0.25) is 0 Å². The lowest BCUT2D eigenvalue weighted by Crippen LogP contribution is -2.46. The van der Waals surface area contributed by atoms with E-state index in [1.165, 1.54) is 11.1 Å². The van der Waals surface area contributed by atoms with Crippen LogP contribution in [0.15, 0.2) is 42.5 Å². The fraction of sp³-hybridized carbons (Fsp3) is 0.480. The van der Waals surface area contributed by atoms with Gasteiger partial charge in [0.1, 0.15) is 12.4 Å². The Balaban J connectivity index is 1.42. The molecule has 2 aromatic rings. The van der Waals surface area contributed by atoms with E-state index < -0.39 is 0 Å². The van der Waals surface area contributed by atoms with Crippen LogP contribution in [-0.2, 0) is 6.54 Å². The zero-order valence-electron chi connectivity index (χ0n) is 18.9. The number of aryl methyl sites for hydroxylation is 1. The Morgan fingerprint density at radius 2 is 1.94 bits per heavy atom. The summed E-state index contributed by atoms with van der Waals surface area (Å²) in [7, 11) is 2.15. The van der Waals surface area contributed by atoms with Crippen molar-refractivity contribution < 1.29 is 9.53 Å². The number of carbonyl (C=O) groups is 1. The maximum Gasteiger partial charge on any atom is 0.251 e. The molecule has 0 bridgehead atoms. The number of likely N-dealkylation sites (N-methyl/N-ethyl adjacent to an activating group) is 1. The minimum absolute atomic E-state index is 0.0225. The summed E-state index contributed by atoms with van der Waals surface area (Å²) in [6.45, 7) is 11.6. The number of anilines is 1. The molecule has 166 valence electrons. The molecule has 1 fully saturated rings. The Labute approximate surface area is 185 Å². The molecule has 0 saturated carbocycles. The van der Waals surface area contributed by atoms with Crippen LogP contribution < -0.4 is 15.0 Å². The van der Waals surface area contributed by atoms with Crippen LogP contribution in [0.25, 0.3) is 0 Å². The molecule has 2 aromatic carbocycles. The molecule has 0 aliphatic carbocycles. The smallest absolute Gasteiger partial charge is 0.251 e. The molecule has 1 N–H and O–H groups in total. The fourth-order valence-electron chi connectivity index (χ4n) is 4.29. The van der Waals surface area contributed by atoms with E-state index in [-0.39, 0.29) is 11.9 Å². The van der Waals surface area contributed by atoms with E-state index in [4.69, 9.17) is 4.74 Å². The quantitative estimate of drug-likeness (QED) is 0.776. The SMILES string of the molecule is Cc1cccc(CN2c3cc(C(=O)NCCN4CCN(C)CC4)ccc3OC[C@@H]2C)c1. The standard InChI is InChI=1S/C25H34N4O2/c1-19-5-4-6-21(15-19)17-29-20(2)18-31-24-8-7-22(16-23(24)29)25(30)26-9-10-28-13-11-27(3)12-14-28/h4-8,15-16,20H,9-14,17-18H2,1-3H3,(H,26,30)/t20-/m0/s1. The fourth-order valence-corrected chi connectivity index (χ4v) is 4.29. The van der Waals surface area contributed by atoms with Gasteiger partial charge in [-0.15, -0.1) is 0 Å². The highest BCUT2D eigenvalue weighted by atomic mass is 16.5. The van der Waals surface area contributed by atoms with E-state index in [1.807, 2.05) is 18.2 Å². The van der Waals surface area contributed by atoms with Gasteiger partial charge in [-0.05, 0) is 44.7 Å². The largest absolute Gasteiger partial charge is 0.489 e. The van der Waals surface area contributed by atoms with Crippen LogP contribution in [0.4, 0.5) is 5.69 Å². The maximum atomic E-state index is 12.8. The minimum atomic E-state index is -0.0225. The van der Waals surface area contributed by atoms with Gasteiger partial charge in [-0.1, -0.05) is 29.8 Å². The summed E-state index contributed by atoms with van der Waals surface area (Å²) in [4.78, 5) is 19.9. The van der Waals surface area contributed by atoms with E-state index in [1.54, 1.807) is 0 Å². The summed E-state index contributed by atoms with van der Waals surface area (Å²) < 4.78 is 5.95. The second kappa shape index (κ2) is 9.71. The third kappa shape index (κ3) is 5.38. The molecule has 0 spiro atoms. The first-order valence-electron chi connectivity index (χ1n) is 11.3. The molecule has 1 amide bonds. The number of nitrogens with one attached hydrogen (secondary N) is 1. The van der Waals surface area contributed by atoms with Gasteiger partial charge in [0.05, 0.1) is 11.7 Å². The van der Waals surface area contributed by atoms with Gasteiger partial charge in [0.25, 0.3) is 5.91 Å². The Hall–Kier alpha value is -2.57. The topological polar surface area (TPSA) is 48.1 Å². The van der Waals surface area contributed by atoms with Gasteiger partial charge in [-0.2, -0.15) is 0 Å². The van der Waals surface area contributed by atoms with Gasteiger partial charge in [-0.25, -0.2) is 0 Å². The highest BCUT2D eigenvalue weighted by molar-refractivity contribution is 5.95. The molecule has 6 heteroatoms. The van der Waals surface area contributed by atoms with Crippen molar-refractivity contribution in [3.8, 4) is 5.75 Å². The van der Waals surface area contributed by atoms with E-state index in [0.29, 0.717) is 18.7 Å². The summed E-state index contributed by atoms with van der Waals surface area (Å²) in [5.41, 5.74) is 4.20. The molecule has 4 rings (SSSR count). The monoisotopic (exact) mass is 422 g/mol. The normalized spacial score (nSPS) is 19.6. The summed E-state index contributed by atoms with van der Waals surface area (Å²) in [6, 6.07) is 14.6. The number of ether oxygens (including phenoxy) is 1. The molecule has 0 radical (unpaired) electrons. The van der Waals surface area contributed by atoms with Crippen LogP contribution in [0.2, 0.25) is 0 Å². The number of rotatable bonds is 6. The summed E-state index contributed by atoms with van der Waals surface area (Å²) in [6.07, 6.45) is 0. The van der Waals surface area contributed by atoms with E-state index in [2.05, 4.69) is 65.2 Å². The second-order valence-corrected chi connectivity index (χ2v) is 8.86. The van der Waals surface area contributed by atoms with Gasteiger partial charge < -0.3 is 19.9 Å². The Bertz CT molecular complexity index is 908. The molecular weight excluding hydrogens is 388 g/mol. The number of hydrogen-bond donors (Lipinski definition) is 1. The van der Waals surface area contributed by atoms with Crippen molar-refractivity contribution in [2.75, 3.05) is 57.8 Å². The number of carbonyl (C=O) groups excluding carboxylic acids is 1. The zero-order valence-corrected chi connectivity index (χ0v) is 18.9. The number of amides is 1. The third-order valence-electron chi connectivity index (χ3n) is 6.29. The lowest BCUT2D eigenvalue weighted by atomic mass is 10.1. The first kappa shape index (κ1) is 21.7. The highest BCUT2D eigenvalue weighted by Gasteiger charge is 2.26. The molecule has 2 heterocycles. The van der Waals surface area contributed by atoms with Crippen LogP contribution >= 0.6 is 0 Å². The predicted octanol–water partition coefficient (Wildman–Crippen LogP) is 2.76. The molecule has 2 aliphatic heterocycles. The second-order valence-electron chi connectivity index (χ2n) is 8.86. The molecule has 6 nitrogen and oxygen atoms in total. The number of piperazine rings is 1. The van der Waals surface area contributed by atoms with Crippen LogP contribution in [0, 0.1) is 6.92 Å². The lowest BCUT2D eigenvalue weighted by molar-refractivity contribution is 0.0941. The summed E-state index contributed by atoms with van der Waals surface area (Å²) in [5.74, 6) is 0.824. The van der Waals surface area contributed by atoms with Crippen molar-refractivity contribution in [3.63, 3.8) is 0 Å². The van der Waals surface area contributed by atoms with Crippen molar-refractivity contribution in [3.05, 3.63) is 59.2 Å². The van der Waals surface area contributed by atoms with Crippen molar-refractivity contribution in [2.45, 2.75) is 26.4 Å². The average Bonchev–Trinajstić information content (AvgIpc) is 2.77. The number of benzene rings is 2. The predicted molar refractivity (Wildman–Crippen MR) is 125 cm³/mol. The average molecular weight is 423 g/mol. The van der Waals surface area contributed by atoms with Crippen LogP contribution in [0.3, 0.4) is 0 Å². The maximum absolute atomic E-state index is 12.8. The summed E-state index contributed by atoms with van der Waals surface area (Å²) >= 11 is 0. The lowest BCUT2D eigenvalue weighted by Gasteiger charge is -2.37. The number of fused-ring (bicyclic) bond motifs is 1. The Kier molecular flexibility index (Phi) is 6.78. The first-order valence-corrected chi connectivity index (χ1v) is 11.3. The van der Waals surface area contributed by atoms with Gasteiger partial charge in [0.15, 0.2) is 0 Å². The van der Waals surface area contributed by atoms with Gasteiger partial charge >= 0.3 is 0 Å².